The molecule has 5 rings (SSSR count). The van der Waals surface area contributed by atoms with Crippen molar-refractivity contribution in [2.45, 2.75) is 19.4 Å². The van der Waals surface area contributed by atoms with E-state index in [9.17, 15) is 19.1 Å². The van der Waals surface area contributed by atoms with Gasteiger partial charge in [-0.2, -0.15) is 0 Å². The molecule has 0 saturated carbocycles. The summed E-state index contributed by atoms with van der Waals surface area (Å²) in [5, 5.41) is 11.6. The Morgan fingerprint density at radius 1 is 1.10 bits per heavy atom. The Morgan fingerprint density at radius 3 is 2.64 bits per heavy atom. The van der Waals surface area contributed by atoms with Gasteiger partial charge in [-0.3, -0.25) is 14.5 Å². The number of benzene rings is 3. The molecule has 3 aromatic carbocycles. The van der Waals surface area contributed by atoms with Crippen LogP contribution in [0.5, 0.6) is 11.5 Å². The van der Waals surface area contributed by atoms with Crippen LogP contribution in [0.2, 0.25) is 0 Å². The molecule has 198 valence electrons. The number of Topliss-reactive ketones (excluding diaryl/α,β-unsaturated/α-hetero) is 1. The summed E-state index contributed by atoms with van der Waals surface area (Å²) in [6, 6.07) is 16.8. The first kappa shape index (κ1) is 26.1. The average molecular weight is 545 g/mol. The number of aliphatic hydroxyl groups excluding tert-OH is 1. The van der Waals surface area contributed by atoms with Crippen molar-refractivity contribution in [1.29, 1.82) is 0 Å². The third-order valence-corrected chi connectivity index (χ3v) is 7.15. The maximum absolute atomic E-state index is 13.9. The molecule has 1 N–H and O–H groups in total. The van der Waals surface area contributed by atoms with Crippen LogP contribution in [0.1, 0.15) is 30.5 Å². The Bertz CT molecular complexity index is 1590. The number of carbonyl (C=O) groups is 2. The van der Waals surface area contributed by atoms with Crippen molar-refractivity contribution in [1.82, 2.24) is 4.98 Å². The third kappa shape index (κ3) is 5.13. The molecule has 9 heteroatoms. The number of hydrogen-bond donors (Lipinski definition) is 1. The van der Waals surface area contributed by atoms with Gasteiger partial charge in [-0.15, -0.1) is 0 Å². The van der Waals surface area contributed by atoms with Crippen LogP contribution in [0.25, 0.3) is 16.0 Å². The molecule has 1 fully saturated rings. The van der Waals surface area contributed by atoms with Crippen molar-refractivity contribution in [3.8, 4) is 11.5 Å². The first-order valence-corrected chi connectivity index (χ1v) is 13.2. The van der Waals surface area contributed by atoms with E-state index >= 15 is 0 Å². The standard InChI is InChI=1S/C30H25FN2O5S/c1-3-14-37-21-11-8-18(9-12-21)26-25(27(34)19-6-5-7-22(16-19)38-15-4-2)28(35)29(36)33(26)30-32-23-13-10-20(31)17-24(23)39-30/h3,5-13,16-17,26,34H,1,4,14-15H2,2H3/b27-25+. The Balaban J connectivity index is 1.65. The van der Waals surface area contributed by atoms with E-state index in [0.29, 0.717) is 46.1 Å². The van der Waals surface area contributed by atoms with E-state index in [1.165, 1.54) is 23.1 Å². The quantitative estimate of drug-likeness (QED) is 0.113. The number of halogens is 1. The van der Waals surface area contributed by atoms with Gasteiger partial charge in [0, 0.05) is 5.56 Å². The van der Waals surface area contributed by atoms with E-state index < -0.39 is 23.5 Å². The molecule has 1 saturated heterocycles. The summed E-state index contributed by atoms with van der Waals surface area (Å²) >= 11 is 1.09. The molecule has 1 aliphatic heterocycles. The third-order valence-electron chi connectivity index (χ3n) is 6.13. The lowest BCUT2D eigenvalue weighted by atomic mass is 9.95. The number of hydrogen-bond acceptors (Lipinski definition) is 7. The van der Waals surface area contributed by atoms with Crippen LogP contribution >= 0.6 is 11.3 Å². The summed E-state index contributed by atoms with van der Waals surface area (Å²) in [6.07, 6.45) is 2.43. The number of fused-ring (bicyclic) bond motifs is 1. The maximum atomic E-state index is 13.9. The lowest BCUT2D eigenvalue weighted by Gasteiger charge is -2.23. The van der Waals surface area contributed by atoms with Gasteiger partial charge in [-0.25, -0.2) is 9.37 Å². The van der Waals surface area contributed by atoms with Gasteiger partial charge >= 0.3 is 5.91 Å². The molecule has 1 unspecified atom stereocenters. The largest absolute Gasteiger partial charge is 0.507 e. The number of anilines is 1. The van der Waals surface area contributed by atoms with Crippen molar-refractivity contribution in [2.75, 3.05) is 18.1 Å². The maximum Gasteiger partial charge on any atom is 0.301 e. The van der Waals surface area contributed by atoms with E-state index in [-0.39, 0.29) is 16.5 Å². The van der Waals surface area contributed by atoms with Gasteiger partial charge in [0.05, 0.1) is 28.4 Å². The topological polar surface area (TPSA) is 89.0 Å². The fraction of sp³-hybridized carbons (Fsp3) is 0.167. The highest BCUT2D eigenvalue weighted by atomic mass is 32.1. The van der Waals surface area contributed by atoms with Gasteiger partial charge in [0.1, 0.15) is 29.7 Å². The predicted octanol–water partition coefficient (Wildman–Crippen LogP) is 6.42. The van der Waals surface area contributed by atoms with Crippen LogP contribution in [0.15, 0.2) is 85.0 Å². The van der Waals surface area contributed by atoms with Crippen LogP contribution in [-0.2, 0) is 9.59 Å². The van der Waals surface area contributed by atoms with E-state index in [2.05, 4.69) is 11.6 Å². The van der Waals surface area contributed by atoms with Crippen molar-refractivity contribution in [3.05, 3.63) is 102 Å². The lowest BCUT2D eigenvalue weighted by molar-refractivity contribution is -0.132. The van der Waals surface area contributed by atoms with Crippen LogP contribution in [0.3, 0.4) is 0 Å². The van der Waals surface area contributed by atoms with Crippen LogP contribution in [0.4, 0.5) is 9.52 Å². The highest BCUT2D eigenvalue weighted by molar-refractivity contribution is 7.22. The minimum absolute atomic E-state index is 0.0853. The minimum Gasteiger partial charge on any atom is -0.507 e. The van der Waals surface area contributed by atoms with Crippen molar-refractivity contribution in [2.24, 2.45) is 0 Å². The molecule has 1 aromatic heterocycles. The highest BCUT2D eigenvalue weighted by Gasteiger charge is 2.48. The molecule has 4 aromatic rings. The average Bonchev–Trinajstić information content (AvgIpc) is 3.48. The van der Waals surface area contributed by atoms with Gasteiger partial charge in [-0.1, -0.05) is 55.2 Å². The highest BCUT2D eigenvalue weighted by Crippen LogP contribution is 2.44. The minimum atomic E-state index is -0.982. The summed E-state index contributed by atoms with van der Waals surface area (Å²) in [4.78, 5) is 32.7. The molecule has 0 bridgehead atoms. The molecule has 1 amide bonds. The lowest BCUT2D eigenvalue weighted by Crippen LogP contribution is -2.29. The van der Waals surface area contributed by atoms with Crippen molar-refractivity contribution < 1.29 is 28.6 Å². The normalized spacial score (nSPS) is 16.6. The van der Waals surface area contributed by atoms with E-state index in [0.717, 1.165) is 17.8 Å². The zero-order valence-electron chi connectivity index (χ0n) is 21.1. The van der Waals surface area contributed by atoms with Gasteiger partial charge in [-0.05, 0) is 54.4 Å². The van der Waals surface area contributed by atoms with Crippen LogP contribution in [0, 0.1) is 5.82 Å². The predicted molar refractivity (Wildman–Crippen MR) is 149 cm³/mol. The number of ether oxygens (including phenoxy) is 2. The number of ketones is 1. The molecular weight excluding hydrogens is 519 g/mol. The molecule has 0 radical (unpaired) electrons. The van der Waals surface area contributed by atoms with Gasteiger partial charge in [0.15, 0.2) is 5.13 Å². The molecule has 7 nitrogen and oxygen atoms in total. The Hall–Kier alpha value is -4.50. The summed E-state index contributed by atoms with van der Waals surface area (Å²) in [5.74, 6) is -1.35. The van der Waals surface area contributed by atoms with E-state index in [1.54, 1.807) is 54.6 Å². The fourth-order valence-electron chi connectivity index (χ4n) is 4.34. The van der Waals surface area contributed by atoms with Gasteiger partial charge < -0.3 is 14.6 Å². The van der Waals surface area contributed by atoms with Crippen LogP contribution in [-0.4, -0.2) is 35.0 Å². The number of rotatable bonds is 9. The second-order valence-corrected chi connectivity index (χ2v) is 9.83. The van der Waals surface area contributed by atoms with Crippen molar-refractivity contribution >= 4 is 44.1 Å². The Kier molecular flexibility index (Phi) is 7.42. The fourth-order valence-corrected chi connectivity index (χ4v) is 5.36. The molecule has 1 atom stereocenters. The number of aromatic nitrogens is 1. The first-order valence-electron chi connectivity index (χ1n) is 12.3. The number of carbonyl (C=O) groups excluding carboxylic acids is 2. The second kappa shape index (κ2) is 11.1. The summed E-state index contributed by atoms with van der Waals surface area (Å²) in [5.41, 5.74) is 1.30. The smallest absolute Gasteiger partial charge is 0.301 e. The SMILES string of the molecule is C=CCOc1ccc(C2/C(=C(\O)c3cccc(OCCC)c3)C(=O)C(=O)N2c2nc3ccc(F)cc3s2)cc1. The molecule has 0 spiro atoms. The number of aliphatic hydroxyl groups is 1. The van der Waals surface area contributed by atoms with E-state index in [4.69, 9.17) is 9.47 Å². The summed E-state index contributed by atoms with van der Waals surface area (Å²) in [6.45, 7) is 6.43. The van der Waals surface area contributed by atoms with E-state index in [1.807, 2.05) is 6.92 Å². The molecule has 1 aliphatic rings. The summed E-state index contributed by atoms with van der Waals surface area (Å²) in [7, 11) is 0. The number of nitrogens with zero attached hydrogens (tertiary/aromatic N) is 2. The first-order chi connectivity index (χ1) is 18.9. The van der Waals surface area contributed by atoms with Crippen LogP contribution < -0.4 is 14.4 Å². The molecule has 39 heavy (non-hydrogen) atoms. The van der Waals surface area contributed by atoms with Gasteiger partial charge in [0.2, 0.25) is 0 Å². The van der Waals surface area contributed by atoms with Crippen molar-refractivity contribution in [3.63, 3.8) is 0 Å². The molecular formula is C30H25FN2O5S. The number of amides is 1. The zero-order valence-corrected chi connectivity index (χ0v) is 21.9. The second-order valence-electron chi connectivity index (χ2n) is 8.82. The zero-order chi connectivity index (χ0) is 27.5. The Labute approximate surface area is 228 Å². The molecule has 2 heterocycles. The monoisotopic (exact) mass is 544 g/mol. The van der Waals surface area contributed by atoms with Gasteiger partial charge in [0.25, 0.3) is 5.78 Å². The number of thiazole rings is 1. The molecule has 0 aliphatic carbocycles. The Morgan fingerprint density at radius 2 is 1.90 bits per heavy atom. The summed E-state index contributed by atoms with van der Waals surface area (Å²) < 4.78 is 25.7.